The summed E-state index contributed by atoms with van der Waals surface area (Å²) in [7, 11) is 0. The zero-order valence-corrected chi connectivity index (χ0v) is 12.8. The van der Waals surface area contributed by atoms with Crippen LogP contribution in [0.2, 0.25) is 0 Å². The minimum absolute atomic E-state index is 0.159. The molecule has 0 amide bonds. The number of carboxylic acids is 1. The average molecular weight is 348 g/mol. The molecule has 4 nitrogen and oxygen atoms in total. The maximum Gasteiger partial charge on any atom is 0.335 e. The van der Waals surface area contributed by atoms with E-state index in [4.69, 9.17) is 9.84 Å². The fourth-order valence-corrected chi connectivity index (χ4v) is 2.91. The monoisotopic (exact) mass is 347 g/mol. The van der Waals surface area contributed by atoms with E-state index in [9.17, 15) is 4.79 Å². The Morgan fingerprint density at radius 1 is 1.33 bits per heavy atom. The molecular weight excluding hydrogens is 334 g/mol. The first-order chi connectivity index (χ1) is 10.1. The fraction of sp³-hybridized carbons (Fsp3) is 0.188. The van der Waals surface area contributed by atoms with Gasteiger partial charge in [0, 0.05) is 16.6 Å². The van der Waals surface area contributed by atoms with Gasteiger partial charge >= 0.3 is 5.97 Å². The van der Waals surface area contributed by atoms with Gasteiger partial charge in [-0.25, -0.2) is 4.79 Å². The minimum Gasteiger partial charge on any atom is -0.491 e. The smallest absolute Gasteiger partial charge is 0.335 e. The van der Waals surface area contributed by atoms with Crippen molar-refractivity contribution < 1.29 is 14.6 Å². The zero-order chi connectivity index (χ0) is 14.8. The molecule has 2 aromatic rings. The van der Waals surface area contributed by atoms with Crippen molar-refractivity contribution in [3.8, 4) is 5.75 Å². The molecule has 1 unspecified atom stereocenters. The standard InChI is InChI=1S/C16H14BrNO3/c17-13-7-10(16(19)20)5-6-11(13)8-18-14-9-21-15-4-2-1-3-12(14)15/h1-7,14,18H,8-9H2,(H,19,20). The Balaban J connectivity index is 1.70. The highest BCUT2D eigenvalue weighted by Gasteiger charge is 2.23. The van der Waals surface area contributed by atoms with Gasteiger partial charge in [0.05, 0.1) is 11.6 Å². The summed E-state index contributed by atoms with van der Waals surface area (Å²) in [6, 6.07) is 13.2. The third-order valence-corrected chi connectivity index (χ3v) is 4.28. The number of ether oxygens (including phenoxy) is 1. The summed E-state index contributed by atoms with van der Waals surface area (Å²) in [6.45, 7) is 1.26. The van der Waals surface area contributed by atoms with Crippen molar-refractivity contribution in [2.24, 2.45) is 0 Å². The molecule has 0 radical (unpaired) electrons. The Morgan fingerprint density at radius 3 is 2.90 bits per heavy atom. The molecule has 3 rings (SSSR count). The summed E-state index contributed by atoms with van der Waals surface area (Å²) >= 11 is 3.42. The van der Waals surface area contributed by atoms with Gasteiger partial charge in [-0.2, -0.15) is 0 Å². The highest BCUT2D eigenvalue weighted by Crippen LogP contribution is 2.32. The number of nitrogens with one attached hydrogen (secondary N) is 1. The van der Waals surface area contributed by atoms with E-state index in [0.717, 1.165) is 21.3 Å². The van der Waals surface area contributed by atoms with Crippen LogP contribution in [0.1, 0.15) is 27.5 Å². The molecule has 1 aliphatic rings. The van der Waals surface area contributed by atoms with Crippen LogP contribution in [0.25, 0.3) is 0 Å². The van der Waals surface area contributed by atoms with Crippen molar-refractivity contribution in [1.29, 1.82) is 0 Å². The Morgan fingerprint density at radius 2 is 2.14 bits per heavy atom. The fourth-order valence-electron chi connectivity index (χ4n) is 2.39. The van der Waals surface area contributed by atoms with Crippen LogP contribution < -0.4 is 10.1 Å². The Hall–Kier alpha value is -1.85. The molecule has 21 heavy (non-hydrogen) atoms. The number of carboxylic acid groups (broad SMARTS) is 1. The van der Waals surface area contributed by atoms with Crippen LogP contribution in [0.5, 0.6) is 5.75 Å². The molecule has 1 aliphatic heterocycles. The number of benzene rings is 2. The first-order valence-electron chi connectivity index (χ1n) is 6.62. The maximum atomic E-state index is 10.9. The SMILES string of the molecule is O=C(O)c1ccc(CNC2COc3ccccc32)c(Br)c1. The van der Waals surface area contributed by atoms with E-state index in [2.05, 4.69) is 27.3 Å². The molecule has 0 aliphatic carbocycles. The van der Waals surface area contributed by atoms with Gasteiger partial charge in [0.2, 0.25) is 0 Å². The van der Waals surface area contributed by atoms with Gasteiger partial charge < -0.3 is 15.2 Å². The lowest BCUT2D eigenvalue weighted by atomic mass is 10.1. The Bertz CT molecular complexity index is 687. The summed E-state index contributed by atoms with van der Waals surface area (Å²) in [5.74, 6) is 0.00335. The normalized spacial score (nSPS) is 16.3. The highest BCUT2D eigenvalue weighted by atomic mass is 79.9. The molecule has 0 bridgehead atoms. The van der Waals surface area contributed by atoms with Crippen LogP contribution in [-0.4, -0.2) is 17.7 Å². The van der Waals surface area contributed by atoms with E-state index < -0.39 is 5.97 Å². The van der Waals surface area contributed by atoms with Crippen LogP contribution in [0.15, 0.2) is 46.9 Å². The van der Waals surface area contributed by atoms with E-state index in [-0.39, 0.29) is 11.6 Å². The molecule has 1 heterocycles. The molecule has 0 spiro atoms. The lowest BCUT2D eigenvalue weighted by Crippen LogP contribution is -2.22. The molecular formula is C16H14BrNO3. The third kappa shape index (κ3) is 2.94. The van der Waals surface area contributed by atoms with Crippen LogP contribution >= 0.6 is 15.9 Å². The number of carbonyl (C=O) groups is 1. The molecule has 0 aromatic heterocycles. The van der Waals surface area contributed by atoms with Gasteiger partial charge in [-0.05, 0) is 23.8 Å². The summed E-state index contributed by atoms with van der Waals surface area (Å²) < 4.78 is 6.42. The van der Waals surface area contributed by atoms with Crippen LogP contribution in [0.3, 0.4) is 0 Å². The predicted molar refractivity (Wildman–Crippen MR) is 82.6 cm³/mol. The second kappa shape index (κ2) is 5.87. The number of hydrogen-bond donors (Lipinski definition) is 2. The first-order valence-corrected chi connectivity index (χ1v) is 7.41. The van der Waals surface area contributed by atoms with Gasteiger partial charge in [0.25, 0.3) is 0 Å². The quantitative estimate of drug-likeness (QED) is 0.890. The van der Waals surface area contributed by atoms with Gasteiger partial charge in [0.15, 0.2) is 0 Å². The number of fused-ring (bicyclic) bond motifs is 1. The highest BCUT2D eigenvalue weighted by molar-refractivity contribution is 9.10. The number of hydrogen-bond acceptors (Lipinski definition) is 3. The molecule has 0 fully saturated rings. The van der Waals surface area contributed by atoms with Gasteiger partial charge in [-0.15, -0.1) is 0 Å². The molecule has 0 saturated heterocycles. The molecule has 5 heteroatoms. The summed E-state index contributed by atoms with van der Waals surface area (Å²) in [5.41, 5.74) is 2.46. The van der Waals surface area contributed by atoms with Gasteiger partial charge in [-0.1, -0.05) is 40.2 Å². The van der Waals surface area contributed by atoms with E-state index in [1.807, 2.05) is 24.3 Å². The maximum absolute atomic E-state index is 10.9. The lowest BCUT2D eigenvalue weighted by Gasteiger charge is -2.13. The number of para-hydroxylation sites is 1. The molecule has 2 aromatic carbocycles. The van der Waals surface area contributed by atoms with Crippen molar-refractivity contribution in [2.75, 3.05) is 6.61 Å². The number of halogens is 1. The van der Waals surface area contributed by atoms with Gasteiger partial charge in [-0.3, -0.25) is 0 Å². The molecule has 1 atom stereocenters. The van der Waals surface area contributed by atoms with E-state index in [0.29, 0.717) is 13.2 Å². The molecule has 2 N–H and O–H groups in total. The average Bonchev–Trinajstić information content (AvgIpc) is 2.89. The third-order valence-electron chi connectivity index (χ3n) is 3.54. The van der Waals surface area contributed by atoms with Crippen molar-refractivity contribution in [3.05, 3.63) is 63.6 Å². The van der Waals surface area contributed by atoms with E-state index >= 15 is 0 Å². The topological polar surface area (TPSA) is 58.6 Å². The largest absolute Gasteiger partial charge is 0.491 e. The van der Waals surface area contributed by atoms with Gasteiger partial charge in [0.1, 0.15) is 12.4 Å². The second-order valence-electron chi connectivity index (χ2n) is 4.89. The number of rotatable bonds is 4. The van der Waals surface area contributed by atoms with Crippen molar-refractivity contribution in [2.45, 2.75) is 12.6 Å². The van der Waals surface area contributed by atoms with Crippen molar-refractivity contribution in [1.82, 2.24) is 5.32 Å². The predicted octanol–water partition coefficient (Wildman–Crippen LogP) is 3.37. The van der Waals surface area contributed by atoms with Crippen LogP contribution in [0.4, 0.5) is 0 Å². The minimum atomic E-state index is -0.923. The van der Waals surface area contributed by atoms with Crippen molar-refractivity contribution >= 4 is 21.9 Å². The van der Waals surface area contributed by atoms with E-state index in [1.54, 1.807) is 12.1 Å². The summed E-state index contributed by atoms with van der Waals surface area (Å²) in [4.78, 5) is 10.9. The van der Waals surface area contributed by atoms with E-state index in [1.165, 1.54) is 0 Å². The zero-order valence-electron chi connectivity index (χ0n) is 11.2. The van der Waals surface area contributed by atoms with Crippen LogP contribution in [-0.2, 0) is 6.54 Å². The Labute approximate surface area is 130 Å². The molecule has 0 saturated carbocycles. The number of aromatic carboxylic acids is 1. The second-order valence-corrected chi connectivity index (χ2v) is 5.75. The lowest BCUT2D eigenvalue weighted by molar-refractivity contribution is 0.0697. The van der Waals surface area contributed by atoms with Crippen LogP contribution in [0, 0.1) is 0 Å². The summed E-state index contributed by atoms with van der Waals surface area (Å²) in [5, 5.41) is 12.4. The summed E-state index contributed by atoms with van der Waals surface area (Å²) in [6.07, 6.45) is 0. The molecule has 108 valence electrons. The Kier molecular flexibility index (Phi) is 3.94. The van der Waals surface area contributed by atoms with Crippen molar-refractivity contribution in [3.63, 3.8) is 0 Å². The first kappa shape index (κ1) is 14.1.